The number of H-pyrrole nitrogens is 1. The van der Waals surface area contributed by atoms with Crippen molar-refractivity contribution < 1.29 is 9.53 Å². The molecule has 0 radical (unpaired) electrons. The molecule has 2 aromatic carbocycles. The van der Waals surface area contributed by atoms with Crippen LogP contribution >= 0.6 is 46.3 Å². The highest BCUT2D eigenvalue weighted by Gasteiger charge is 2.22. The van der Waals surface area contributed by atoms with Gasteiger partial charge in [-0.2, -0.15) is 5.21 Å². The molecule has 0 spiro atoms. The maximum absolute atomic E-state index is 12.9. The van der Waals surface area contributed by atoms with Gasteiger partial charge in [0.25, 0.3) is 11.9 Å². The predicted octanol–water partition coefficient (Wildman–Crippen LogP) is 5.13. The van der Waals surface area contributed by atoms with Gasteiger partial charge in [-0.15, -0.1) is 16.4 Å². The summed E-state index contributed by atoms with van der Waals surface area (Å²) in [5.41, 5.74) is 0. The van der Waals surface area contributed by atoms with Crippen LogP contribution in [0.3, 0.4) is 0 Å². The van der Waals surface area contributed by atoms with Crippen molar-refractivity contribution in [1.29, 1.82) is 0 Å². The van der Waals surface area contributed by atoms with Gasteiger partial charge in [-0.1, -0.05) is 46.1 Å². The van der Waals surface area contributed by atoms with E-state index in [1.54, 1.807) is 13.2 Å². The molecule has 1 amide bonds. The molecule has 0 saturated carbocycles. The summed E-state index contributed by atoms with van der Waals surface area (Å²) >= 11 is 15.2. The minimum absolute atomic E-state index is 0.0942. The third-order valence-electron chi connectivity index (χ3n) is 3.75. The fraction of sp³-hybridized carbons (Fsp3) is 0.0588. The number of aromatic amines is 1. The predicted molar refractivity (Wildman–Crippen MR) is 111 cm³/mol. The van der Waals surface area contributed by atoms with E-state index in [1.165, 1.54) is 23.1 Å². The molecule has 0 saturated heterocycles. The van der Waals surface area contributed by atoms with Gasteiger partial charge in [0.05, 0.1) is 17.2 Å². The zero-order chi connectivity index (χ0) is 19.7. The number of anilines is 1. The summed E-state index contributed by atoms with van der Waals surface area (Å²) in [4.78, 5) is 14.8. The third-order valence-corrected chi connectivity index (χ3v) is 7.17. The Morgan fingerprint density at radius 3 is 2.89 bits per heavy atom. The van der Waals surface area contributed by atoms with Crippen LogP contribution in [0, 0.1) is 0 Å². The molecule has 0 aliphatic carbocycles. The molecule has 11 heteroatoms. The van der Waals surface area contributed by atoms with Gasteiger partial charge in [0.15, 0.2) is 0 Å². The lowest BCUT2D eigenvalue weighted by molar-refractivity contribution is 0.102. The molecule has 2 aromatic heterocycles. The lowest BCUT2D eigenvalue weighted by Gasteiger charge is -2.08. The number of thiophene rings is 1. The van der Waals surface area contributed by atoms with Crippen LogP contribution in [0.2, 0.25) is 10.0 Å². The van der Waals surface area contributed by atoms with Crippen molar-refractivity contribution >= 4 is 68.2 Å². The Morgan fingerprint density at radius 1 is 1.29 bits per heavy atom. The number of rotatable bonds is 5. The molecule has 4 rings (SSSR count). The van der Waals surface area contributed by atoms with Gasteiger partial charge in [0, 0.05) is 19.9 Å². The van der Waals surface area contributed by atoms with Crippen molar-refractivity contribution in [2.75, 3.05) is 12.4 Å². The second-order valence-corrected chi connectivity index (χ2v) is 8.36. The van der Waals surface area contributed by atoms with Crippen molar-refractivity contribution in [1.82, 2.24) is 20.6 Å². The maximum atomic E-state index is 12.9. The van der Waals surface area contributed by atoms with Gasteiger partial charge in [0.2, 0.25) is 0 Å². The largest absolute Gasteiger partial charge is 0.497 e. The molecule has 0 atom stereocenters. The second-order valence-electron chi connectivity index (χ2n) is 5.47. The molecule has 2 heterocycles. The molecule has 0 aliphatic heterocycles. The third kappa shape index (κ3) is 3.66. The SMILES string of the molecule is COc1ccc2sc(C(=O)Nc3nn[nH]n3)c(Sc3cccc(Cl)c3Cl)c2c1. The summed E-state index contributed by atoms with van der Waals surface area (Å²) in [6.45, 7) is 0. The normalized spacial score (nSPS) is 11.0. The molecule has 2 N–H and O–H groups in total. The monoisotopic (exact) mass is 451 g/mol. The number of benzene rings is 2. The number of nitrogens with zero attached hydrogens (tertiary/aromatic N) is 3. The van der Waals surface area contributed by atoms with E-state index in [9.17, 15) is 4.79 Å². The Labute approximate surface area is 177 Å². The van der Waals surface area contributed by atoms with E-state index in [4.69, 9.17) is 27.9 Å². The average Bonchev–Trinajstić information content (AvgIpc) is 3.33. The number of ether oxygens (including phenoxy) is 1. The molecule has 4 aromatic rings. The number of fused-ring (bicyclic) bond motifs is 1. The highest BCUT2D eigenvalue weighted by Crippen LogP contribution is 2.45. The molecular weight excluding hydrogens is 441 g/mol. The summed E-state index contributed by atoms with van der Waals surface area (Å²) in [5, 5.41) is 17.7. The van der Waals surface area contributed by atoms with E-state index < -0.39 is 0 Å². The molecule has 0 aliphatic rings. The minimum Gasteiger partial charge on any atom is -0.497 e. The highest BCUT2D eigenvalue weighted by atomic mass is 35.5. The first-order valence-electron chi connectivity index (χ1n) is 7.84. The molecule has 142 valence electrons. The highest BCUT2D eigenvalue weighted by molar-refractivity contribution is 8.00. The van der Waals surface area contributed by atoms with Gasteiger partial charge >= 0.3 is 0 Å². The van der Waals surface area contributed by atoms with E-state index in [0.29, 0.717) is 20.7 Å². The van der Waals surface area contributed by atoms with Crippen LogP contribution in [0.4, 0.5) is 5.95 Å². The van der Waals surface area contributed by atoms with Crippen LogP contribution in [0.1, 0.15) is 9.67 Å². The average molecular weight is 452 g/mol. The van der Waals surface area contributed by atoms with E-state index >= 15 is 0 Å². The van der Waals surface area contributed by atoms with E-state index in [1.807, 2.05) is 30.3 Å². The second kappa shape index (κ2) is 7.96. The molecule has 28 heavy (non-hydrogen) atoms. The lowest BCUT2D eigenvalue weighted by Crippen LogP contribution is -2.12. The van der Waals surface area contributed by atoms with Crippen LogP contribution in [-0.4, -0.2) is 33.6 Å². The van der Waals surface area contributed by atoms with E-state index in [2.05, 4.69) is 25.9 Å². The number of carbonyl (C=O) groups is 1. The van der Waals surface area contributed by atoms with Gasteiger partial charge < -0.3 is 4.74 Å². The lowest BCUT2D eigenvalue weighted by atomic mass is 10.2. The summed E-state index contributed by atoms with van der Waals surface area (Å²) in [7, 11) is 1.60. The van der Waals surface area contributed by atoms with Crippen LogP contribution in [0.5, 0.6) is 5.75 Å². The van der Waals surface area contributed by atoms with Crippen LogP contribution in [-0.2, 0) is 0 Å². The fourth-order valence-electron chi connectivity index (χ4n) is 2.48. The Morgan fingerprint density at radius 2 is 2.14 bits per heavy atom. The van der Waals surface area contributed by atoms with E-state index in [0.717, 1.165) is 19.9 Å². The number of hydrogen-bond acceptors (Lipinski definition) is 7. The fourth-order valence-corrected chi connectivity index (χ4v) is 5.27. The van der Waals surface area contributed by atoms with Crippen LogP contribution in [0.25, 0.3) is 10.1 Å². The number of methoxy groups -OCH3 is 1. The van der Waals surface area contributed by atoms with Gasteiger partial charge in [0.1, 0.15) is 10.6 Å². The van der Waals surface area contributed by atoms with Crippen molar-refractivity contribution in [2.24, 2.45) is 0 Å². The molecule has 0 fully saturated rings. The smallest absolute Gasteiger partial charge is 0.270 e. The van der Waals surface area contributed by atoms with Crippen molar-refractivity contribution in [2.45, 2.75) is 9.79 Å². The van der Waals surface area contributed by atoms with E-state index in [-0.39, 0.29) is 11.9 Å². The summed E-state index contributed by atoms with van der Waals surface area (Å²) in [6.07, 6.45) is 0. The van der Waals surface area contributed by atoms with Crippen LogP contribution in [0.15, 0.2) is 46.2 Å². The number of amides is 1. The number of halogens is 2. The van der Waals surface area contributed by atoms with Crippen molar-refractivity contribution in [3.8, 4) is 5.75 Å². The zero-order valence-corrected chi connectivity index (χ0v) is 17.3. The maximum Gasteiger partial charge on any atom is 0.270 e. The standard InChI is InChI=1S/C17H11Cl2N5O2S2/c1-26-8-5-6-11-9(7-8)14(28-12-4-2-3-10(18)13(12)19)15(27-11)16(25)20-17-21-23-24-22-17/h2-7H,1H3,(H2,20,21,22,23,24,25). The quantitative estimate of drug-likeness (QED) is 0.436. The number of hydrogen-bond donors (Lipinski definition) is 2. The Bertz CT molecular complexity index is 1160. The number of carbonyl (C=O) groups excluding carboxylic acids is 1. The van der Waals surface area contributed by atoms with Crippen molar-refractivity contribution in [3.05, 3.63) is 51.3 Å². The molecular formula is C17H11Cl2N5O2S2. The first-order chi connectivity index (χ1) is 13.6. The Kier molecular flexibility index (Phi) is 5.40. The van der Waals surface area contributed by atoms with Gasteiger partial charge in [-0.25, -0.2) is 0 Å². The first kappa shape index (κ1) is 19.0. The summed E-state index contributed by atoms with van der Waals surface area (Å²) < 4.78 is 6.27. The first-order valence-corrected chi connectivity index (χ1v) is 10.2. The Hall–Kier alpha value is -2.33. The number of nitrogens with one attached hydrogen (secondary N) is 2. The molecule has 7 nitrogen and oxygen atoms in total. The molecule has 0 bridgehead atoms. The van der Waals surface area contributed by atoms with Gasteiger partial charge in [-0.05, 0) is 35.5 Å². The topological polar surface area (TPSA) is 92.8 Å². The summed E-state index contributed by atoms with van der Waals surface area (Å²) in [5.74, 6) is 0.438. The molecule has 0 unspecified atom stereocenters. The Balaban J connectivity index is 1.82. The summed E-state index contributed by atoms with van der Waals surface area (Å²) in [6, 6.07) is 11.0. The van der Waals surface area contributed by atoms with Crippen LogP contribution < -0.4 is 10.1 Å². The van der Waals surface area contributed by atoms with Gasteiger partial charge in [-0.3, -0.25) is 10.1 Å². The minimum atomic E-state index is -0.345. The number of aromatic nitrogens is 4. The van der Waals surface area contributed by atoms with Crippen molar-refractivity contribution in [3.63, 3.8) is 0 Å². The zero-order valence-electron chi connectivity index (χ0n) is 14.2. The number of tetrazole rings is 1.